The number of rotatable bonds is 5. The largest absolute Gasteiger partial charge is 0.323 e. The summed E-state index contributed by atoms with van der Waals surface area (Å²) in [6.45, 7) is 7.91. The molecule has 4 heteroatoms. The number of hydrogen-bond acceptors (Lipinski definition) is 4. The second kappa shape index (κ2) is 5.94. The molecule has 0 spiro atoms. The third-order valence-electron chi connectivity index (χ3n) is 3.36. The number of hydrogen-bond donors (Lipinski definition) is 1. The molecule has 2 N–H and O–H groups in total. The molecule has 0 saturated carbocycles. The highest BCUT2D eigenvalue weighted by atomic mass is 32.1. The van der Waals surface area contributed by atoms with E-state index >= 15 is 0 Å². The maximum absolute atomic E-state index is 5.98. The van der Waals surface area contributed by atoms with Gasteiger partial charge in [-0.05, 0) is 39.3 Å². The summed E-state index contributed by atoms with van der Waals surface area (Å²) in [5.74, 6) is 0. The van der Waals surface area contributed by atoms with Crippen LogP contribution < -0.4 is 5.73 Å². The van der Waals surface area contributed by atoms with Gasteiger partial charge in [0.25, 0.3) is 0 Å². The minimum atomic E-state index is 0.128. The number of nitrogens with zero attached hydrogens (tertiary/aromatic N) is 2. The predicted octanol–water partition coefficient (Wildman–Crippen LogP) is 2.36. The number of likely N-dealkylation sites (tertiary alicyclic amines) is 1. The molecule has 2 heterocycles. The van der Waals surface area contributed by atoms with Crippen LogP contribution in [-0.2, 0) is 12.8 Å². The second-order valence-electron chi connectivity index (χ2n) is 4.86. The van der Waals surface area contributed by atoms with Crippen molar-refractivity contribution < 1.29 is 0 Å². The number of nitrogens with two attached hydrogens (primary N) is 1. The van der Waals surface area contributed by atoms with E-state index in [0.717, 1.165) is 19.4 Å². The van der Waals surface area contributed by atoms with Crippen molar-refractivity contribution in [2.45, 2.75) is 45.6 Å². The first-order valence-corrected chi connectivity index (χ1v) is 7.48. The van der Waals surface area contributed by atoms with Gasteiger partial charge in [-0.25, -0.2) is 4.98 Å². The Morgan fingerprint density at radius 3 is 2.65 bits per heavy atom. The normalized spacial score (nSPS) is 18.8. The molecule has 1 fully saturated rings. The fourth-order valence-corrected chi connectivity index (χ4v) is 3.49. The van der Waals surface area contributed by atoms with Gasteiger partial charge in [-0.3, -0.25) is 0 Å². The summed E-state index contributed by atoms with van der Waals surface area (Å²) >= 11 is 1.81. The van der Waals surface area contributed by atoms with Gasteiger partial charge in [-0.15, -0.1) is 11.3 Å². The van der Waals surface area contributed by atoms with Crippen molar-refractivity contribution >= 4 is 11.3 Å². The van der Waals surface area contributed by atoms with Crippen molar-refractivity contribution in [1.82, 2.24) is 9.88 Å². The van der Waals surface area contributed by atoms with Gasteiger partial charge in [0, 0.05) is 23.9 Å². The third kappa shape index (κ3) is 3.27. The first-order chi connectivity index (χ1) is 8.20. The first-order valence-electron chi connectivity index (χ1n) is 6.67. The van der Waals surface area contributed by atoms with E-state index in [1.54, 1.807) is 0 Å². The van der Waals surface area contributed by atoms with Crippen LogP contribution in [0.1, 0.15) is 48.3 Å². The Labute approximate surface area is 108 Å². The van der Waals surface area contributed by atoms with Crippen LogP contribution in [0.5, 0.6) is 0 Å². The zero-order valence-electron chi connectivity index (χ0n) is 10.9. The van der Waals surface area contributed by atoms with Crippen LogP contribution in [0.4, 0.5) is 0 Å². The van der Waals surface area contributed by atoms with Crippen LogP contribution >= 0.6 is 11.3 Å². The molecule has 1 atom stereocenters. The van der Waals surface area contributed by atoms with Gasteiger partial charge >= 0.3 is 0 Å². The van der Waals surface area contributed by atoms with Gasteiger partial charge in [-0.1, -0.05) is 6.92 Å². The molecule has 1 aliphatic heterocycles. The first kappa shape index (κ1) is 13.0. The minimum Gasteiger partial charge on any atom is -0.323 e. The maximum Gasteiger partial charge on any atom is 0.0944 e. The summed E-state index contributed by atoms with van der Waals surface area (Å²) < 4.78 is 0. The Morgan fingerprint density at radius 2 is 2.12 bits per heavy atom. The van der Waals surface area contributed by atoms with Crippen LogP contribution in [0.3, 0.4) is 0 Å². The third-order valence-corrected chi connectivity index (χ3v) is 4.72. The lowest BCUT2D eigenvalue weighted by molar-refractivity contribution is 0.343. The van der Waals surface area contributed by atoms with Crippen molar-refractivity contribution in [2.24, 2.45) is 5.73 Å². The molecular formula is C13H23N3S. The van der Waals surface area contributed by atoms with Crippen LogP contribution in [0.25, 0.3) is 0 Å². The van der Waals surface area contributed by atoms with Gasteiger partial charge in [0.05, 0.1) is 10.7 Å². The summed E-state index contributed by atoms with van der Waals surface area (Å²) in [7, 11) is 0. The molecule has 1 unspecified atom stereocenters. The Balaban J connectivity index is 1.95. The van der Waals surface area contributed by atoms with E-state index in [4.69, 9.17) is 10.7 Å². The Kier molecular flexibility index (Phi) is 4.54. The Morgan fingerprint density at radius 1 is 1.41 bits per heavy atom. The molecule has 0 aliphatic carbocycles. The van der Waals surface area contributed by atoms with Crippen LogP contribution in [0, 0.1) is 0 Å². The van der Waals surface area contributed by atoms with E-state index in [1.165, 1.54) is 41.5 Å². The molecule has 1 saturated heterocycles. The zero-order chi connectivity index (χ0) is 12.3. The maximum atomic E-state index is 5.98. The van der Waals surface area contributed by atoms with E-state index in [2.05, 4.69) is 18.7 Å². The standard InChI is InChI=1S/C13H23N3S/c1-3-11-13(10(2)14)17-12(15-11)6-9-16-7-4-5-8-16/h10H,3-9,14H2,1-2H3. The molecule has 96 valence electrons. The molecule has 0 aromatic carbocycles. The SMILES string of the molecule is CCc1nc(CCN2CCCC2)sc1C(C)N. The molecule has 1 aromatic heterocycles. The highest BCUT2D eigenvalue weighted by molar-refractivity contribution is 7.11. The van der Waals surface area contributed by atoms with Crippen LogP contribution in [0.2, 0.25) is 0 Å². The van der Waals surface area contributed by atoms with E-state index in [-0.39, 0.29) is 6.04 Å². The smallest absolute Gasteiger partial charge is 0.0944 e. The van der Waals surface area contributed by atoms with Gasteiger partial charge in [0.1, 0.15) is 0 Å². The molecule has 17 heavy (non-hydrogen) atoms. The summed E-state index contributed by atoms with van der Waals surface area (Å²) in [5.41, 5.74) is 7.19. The number of aryl methyl sites for hydroxylation is 1. The average molecular weight is 253 g/mol. The van der Waals surface area contributed by atoms with Crippen molar-refractivity contribution in [1.29, 1.82) is 0 Å². The fourth-order valence-electron chi connectivity index (χ4n) is 2.39. The Bertz CT molecular complexity index is 354. The van der Waals surface area contributed by atoms with Gasteiger partial charge in [0.15, 0.2) is 0 Å². The van der Waals surface area contributed by atoms with Crippen molar-refractivity contribution in [2.75, 3.05) is 19.6 Å². The van der Waals surface area contributed by atoms with E-state index in [0.29, 0.717) is 0 Å². The van der Waals surface area contributed by atoms with Gasteiger partial charge < -0.3 is 10.6 Å². The Hall–Kier alpha value is -0.450. The molecule has 0 radical (unpaired) electrons. The fraction of sp³-hybridized carbons (Fsp3) is 0.769. The molecule has 1 aliphatic rings. The zero-order valence-corrected chi connectivity index (χ0v) is 11.7. The predicted molar refractivity (Wildman–Crippen MR) is 73.5 cm³/mol. The lowest BCUT2D eigenvalue weighted by atomic mass is 10.2. The topological polar surface area (TPSA) is 42.2 Å². The van der Waals surface area contributed by atoms with Crippen LogP contribution in [0.15, 0.2) is 0 Å². The lowest BCUT2D eigenvalue weighted by Gasteiger charge is -2.12. The van der Waals surface area contributed by atoms with Crippen molar-refractivity contribution in [3.05, 3.63) is 15.6 Å². The summed E-state index contributed by atoms with van der Waals surface area (Å²) in [6.07, 6.45) is 4.81. The highest BCUT2D eigenvalue weighted by Gasteiger charge is 2.15. The van der Waals surface area contributed by atoms with Crippen molar-refractivity contribution in [3.8, 4) is 0 Å². The molecule has 2 rings (SSSR count). The highest BCUT2D eigenvalue weighted by Crippen LogP contribution is 2.25. The molecule has 0 amide bonds. The molecule has 3 nitrogen and oxygen atoms in total. The lowest BCUT2D eigenvalue weighted by Crippen LogP contribution is -2.21. The quantitative estimate of drug-likeness (QED) is 0.876. The molecule has 0 bridgehead atoms. The average Bonchev–Trinajstić information content (AvgIpc) is 2.95. The number of thiazole rings is 1. The van der Waals surface area contributed by atoms with Gasteiger partial charge in [-0.2, -0.15) is 0 Å². The summed E-state index contributed by atoms with van der Waals surface area (Å²) in [4.78, 5) is 8.54. The van der Waals surface area contributed by atoms with Crippen molar-refractivity contribution in [3.63, 3.8) is 0 Å². The van der Waals surface area contributed by atoms with Crippen LogP contribution in [-0.4, -0.2) is 29.5 Å². The van der Waals surface area contributed by atoms with Gasteiger partial charge in [0.2, 0.25) is 0 Å². The minimum absolute atomic E-state index is 0.128. The molecule has 1 aromatic rings. The second-order valence-corrected chi connectivity index (χ2v) is 5.97. The number of aromatic nitrogens is 1. The summed E-state index contributed by atoms with van der Waals surface area (Å²) in [5, 5.41) is 1.26. The van der Waals surface area contributed by atoms with E-state index < -0.39 is 0 Å². The summed E-state index contributed by atoms with van der Waals surface area (Å²) in [6, 6.07) is 0.128. The monoisotopic (exact) mass is 253 g/mol. The van der Waals surface area contributed by atoms with E-state index in [1.807, 2.05) is 11.3 Å². The molecular weight excluding hydrogens is 230 g/mol. The van der Waals surface area contributed by atoms with E-state index in [9.17, 15) is 0 Å².